The fraction of sp³-hybridized carbons (Fsp3) is 0.0435. The molecule has 4 rings (SSSR count). The van der Waals surface area contributed by atoms with Crippen LogP contribution in [-0.2, 0) is 6.54 Å². The molecule has 7 nitrogen and oxygen atoms in total. The van der Waals surface area contributed by atoms with E-state index in [0.29, 0.717) is 12.1 Å². The number of nitro groups is 1. The number of aromatic nitrogens is 2. The summed E-state index contributed by atoms with van der Waals surface area (Å²) in [5, 5.41) is 14.0. The molecule has 30 heavy (non-hydrogen) atoms. The number of fused-ring (bicyclic) bond motifs is 1. The number of anilines is 1. The van der Waals surface area contributed by atoms with Gasteiger partial charge in [-0.3, -0.25) is 14.9 Å². The molecule has 0 atom stereocenters. The molecule has 1 heterocycles. The maximum absolute atomic E-state index is 12.4. The van der Waals surface area contributed by atoms with E-state index in [1.807, 2.05) is 36.4 Å². The Labute approximate surface area is 175 Å². The monoisotopic (exact) mass is 402 g/mol. The van der Waals surface area contributed by atoms with Crippen LogP contribution < -0.4 is 5.32 Å². The summed E-state index contributed by atoms with van der Waals surface area (Å²) >= 11 is 0. The quantitative estimate of drug-likeness (QED) is 0.185. The molecule has 0 radical (unpaired) electrons. The molecule has 0 saturated heterocycles. The number of allylic oxidation sites excluding steroid dienone is 1. The van der Waals surface area contributed by atoms with Crippen molar-refractivity contribution in [2.24, 2.45) is 0 Å². The van der Waals surface area contributed by atoms with E-state index < -0.39 is 4.92 Å². The number of hydrogen-bond acceptors (Lipinski definition) is 5. The Morgan fingerprint density at radius 3 is 2.50 bits per heavy atom. The molecule has 7 heteroatoms. The molecule has 4 aromatic rings. The van der Waals surface area contributed by atoms with Crippen molar-refractivity contribution in [3.8, 4) is 0 Å². The maximum atomic E-state index is 12.4. The molecule has 0 aliphatic carbocycles. The molecule has 0 saturated carbocycles. The lowest BCUT2D eigenvalue weighted by molar-refractivity contribution is -0.384. The van der Waals surface area contributed by atoms with Gasteiger partial charge in [0.2, 0.25) is 0 Å². The second-order valence-electron chi connectivity index (χ2n) is 6.68. The van der Waals surface area contributed by atoms with Crippen molar-refractivity contribution in [1.82, 2.24) is 9.97 Å². The van der Waals surface area contributed by atoms with Gasteiger partial charge in [-0.15, -0.1) is 0 Å². The summed E-state index contributed by atoms with van der Waals surface area (Å²) < 4.78 is 0. The molecule has 1 aromatic heterocycles. The van der Waals surface area contributed by atoms with Gasteiger partial charge in [-0.1, -0.05) is 18.2 Å². The average Bonchev–Trinajstić information content (AvgIpc) is 3.20. The number of nitro benzene ring substituents is 1. The number of benzene rings is 3. The Kier molecular flexibility index (Phi) is 5.34. The molecule has 0 spiro atoms. The van der Waals surface area contributed by atoms with E-state index in [1.165, 1.54) is 18.2 Å². The number of nitrogens with one attached hydrogen (secondary N) is 2. The molecule has 3 aromatic carbocycles. The Morgan fingerprint density at radius 1 is 1.07 bits per heavy atom. The Hall–Kier alpha value is -4.26. The third-order valence-corrected chi connectivity index (χ3v) is 4.60. The SMILES string of the molecule is O=C(/C=C/c1ccc([N+](=O)[O-])cc1)c1ccc(NCc2nc3ccccc3[nH]2)cc1.[HH].[HH]. The van der Waals surface area contributed by atoms with Gasteiger partial charge in [-0.2, -0.15) is 0 Å². The summed E-state index contributed by atoms with van der Waals surface area (Å²) in [6.07, 6.45) is 3.10. The second-order valence-corrected chi connectivity index (χ2v) is 6.68. The molecule has 0 bridgehead atoms. The molecular weight excluding hydrogens is 380 g/mol. The van der Waals surface area contributed by atoms with Crippen LogP contribution in [0.3, 0.4) is 0 Å². The number of para-hydroxylation sites is 2. The number of non-ortho nitro benzene ring substituents is 1. The minimum absolute atomic E-state index is 0. The van der Waals surface area contributed by atoms with Crippen LogP contribution in [-0.4, -0.2) is 20.7 Å². The normalized spacial score (nSPS) is 11.1. The Morgan fingerprint density at radius 2 is 1.80 bits per heavy atom. The molecule has 0 fully saturated rings. The zero-order valence-electron chi connectivity index (χ0n) is 15.9. The molecule has 0 aliphatic heterocycles. The highest BCUT2D eigenvalue weighted by atomic mass is 16.6. The lowest BCUT2D eigenvalue weighted by Crippen LogP contribution is -2.02. The first kappa shape index (κ1) is 19.1. The Bertz CT molecular complexity index is 1200. The Balaban J connectivity index is 0.00000181. The number of H-pyrrole nitrogens is 1. The van der Waals surface area contributed by atoms with Crippen LogP contribution in [0.5, 0.6) is 0 Å². The minimum atomic E-state index is -0.456. The van der Waals surface area contributed by atoms with Crippen molar-refractivity contribution < 1.29 is 12.6 Å². The number of ketones is 1. The van der Waals surface area contributed by atoms with Crippen LogP contribution in [0, 0.1) is 10.1 Å². The number of carbonyl (C=O) groups is 1. The van der Waals surface area contributed by atoms with E-state index in [9.17, 15) is 14.9 Å². The van der Waals surface area contributed by atoms with E-state index in [-0.39, 0.29) is 14.3 Å². The van der Waals surface area contributed by atoms with Gasteiger partial charge in [0.25, 0.3) is 5.69 Å². The maximum Gasteiger partial charge on any atom is 0.269 e. The predicted molar refractivity (Wildman–Crippen MR) is 121 cm³/mol. The topological polar surface area (TPSA) is 101 Å². The average molecular weight is 402 g/mol. The lowest BCUT2D eigenvalue weighted by atomic mass is 10.1. The highest BCUT2D eigenvalue weighted by Gasteiger charge is 2.05. The molecule has 0 unspecified atom stereocenters. The smallest absolute Gasteiger partial charge is 0.269 e. The molecule has 2 N–H and O–H groups in total. The van der Waals surface area contributed by atoms with E-state index in [1.54, 1.807) is 30.3 Å². The van der Waals surface area contributed by atoms with Crippen LogP contribution in [0.2, 0.25) is 0 Å². The first-order valence-corrected chi connectivity index (χ1v) is 9.33. The van der Waals surface area contributed by atoms with Gasteiger partial charge in [-0.05, 0) is 60.2 Å². The van der Waals surface area contributed by atoms with Crippen molar-refractivity contribution in [2.75, 3.05) is 5.32 Å². The van der Waals surface area contributed by atoms with E-state index in [2.05, 4.69) is 15.3 Å². The number of rotatable bonds is 7. The van der Waals surface area contributed by atoms with Gasteiger partial charge in [0, 0.05) is 26.2 Å². The standard InChI is InChI=1S/C23H18N4O3.2H2/c28-22(14-7-16-5-12-19(13-6-16)27(29)30)17-8-10-18(11-9-17)24-15-23-25-20-3-1-2-4-21(20)26-23;;/h1-14,24H,15H2,(H,25,26);2*1H/b14-7+;;. The van der Waals surface area contributed by atoms with Crippen molar-refractivity contribution in [2.45, 2.75) is 6.54 Å². The van der Waals surface area contributed by atoms with Gasteiger partial charge in [0.15, 0.2) is 5.78 Å². The van der Waals surface area contributed by atoms with Gasteiger partial charge < -0.3 is 10.3 Å². The number of carbonyl (C=O) groups excluding carboxylic acids is 1. The molecule has 0 amide bonds. The summed E-state index contributed by atoms with van der Waals surface area (Å²) in [5.74, 6) is 0.694. The van der Waals surface area contributed by atoms with Crippen LogP contribution in [0.1, 0.15) is 24.6 Å². The number of aromatic amines is 1. The van der Waals surface area contributed by atoms with Crippen molar-refractivity contribution in [3.63, 3.8) is 0 Å². The number of imidazole rings is 1. The number of nitrogens with zero attached hydrogens (tertiary/aromatic N) is 2. The zero-order valence-corrected chi connectivity index (χ0v) is 15.9. The highest BCUT2D eigenvalue weighted by Crippen LogP contribution is 2.16. The molecular formula is C23H22N4O3. The van der Waals surface area contributed by atoms with E-state index in [4.69, 9.17) is 0 Å². The van der Waals surface area contributed by atoms with E-state index >= 15 is 0 Å². The zero-order chi connectivity index (χ0) is 20.9. The summed E-state index contributed by atoms with van der Waals surface area (Å²) in [5.41, 5.74) is 4.10. The van der Waals surface area contributed by atoms with Crippen LogP contribution >= 0.6 is 0 Å². The van der Waals surface area contributed by atoms with E-state index in [0.717, 1.165) is 28.1 Å². The first-order chi connectivity index (χ1) is 14.6. The van der Waals surface area contributed by atoms with Crippen LogP contribution in [0.25, 0.3) is 17.1 Å². The highest BCUT2D eigenvalue weighted by molar-refractivity contribution is 6.07. The predicted octanol–water partition coefficient (Wildman–Crippen LogP) is 5.47. The second kappa shape index (κ2) is 8.40. The van der Waals surface area contributed by atoms with Crippen molar-refractivity contribution in [3.05, 3.63) is 106 Å². The fourth-order valence-electron chi connectivity index (χ4n) is 3.00. The summed E-state index contributed by atoms with van der Waals surface area (Å²) in [6, 6.07) is 21.1. The van der Waals surface area contributed by atoms with Gasteiger partial charge in [0.1, 0.15) is 5.82 Å². The summed E-state index contributed by atoms with van der Waals surface area (Å²) in [7, 11) is 0. The number of hydrogen-bond donors (Lipinski definition) is 2. The summed E-state index contributed by atoms with van der Waals surface area (Å²) in [6.45, 7) is 0.544. The van der Waals surface area contributed by atoms with Crippen LogP contribution in [0.15, 0.2) is 78.9 Å². The molecule has 152 valence electrons. The third kappa shape index (κ3) is 4.41. The van der Waals surface area contributed by atoms with Crippen LogP contribution in [0.4, 0.5) is 11.4 Å². The van der Waals surface area contributed by atoms with Gasteiger partial charge in [-0.25, -0.2) is 4.98 Å². The lowest BCUT2D eigenvalue weighted by Gasteiger charge is -2.05. The largest absolute Gasteiger partial charge is 0.378 e. The van der Waals surface area contributed by atoms with Gasteiger partial charge in [0.05, 0.1) is 22.5 Å². The fourth-order valence-corrected chi connectivity index (χ4v) is 3.00. The summed E-state index contributed by atoms with van der Waals surface area (Å²) in [4.78, 5) is 30.4. The first-order valence-electron chi connectivity index (χ1n) is 9.33. The van der Waals surface area contributed by atoms with Crippen molar-refractivity contribution in [1.29, 1.82) is 0 Å². The third-order valence-electron chi connectivity index (χ3n) is 4.60. The minimum Gasteiger partial charge on any atom is -0.378 e. The van der Waals surface area contributed by atoms with Crippen molar-refractivity contribution >= 4 is 34.3 Å². The molecule has 0 aliphatic rings. The van der Waals surface area contributed by atoms with Gasteiger partial charge >= 0.3 is 0 Å².